The number of nitrogens with one attached hydrogen (secondary N) is 1. The average Bonchev–Trinajstić information content (AvgIpc) is 3.39. The fourth-order valence-electron chi connectivity index (χ4n) is 5.50. The van der Waals surface area contributed by atoms with Gasteiger partial charge in [-0.05, 0) is 59.2 Å². The van der Waals surface area contributed by atoms with Crippen LogP contribution in [-0.2, 0) is 0 Å². The van der Waals surface area contributed by atoms with Crippen LogP contribution in [-0.4, -0.2) is 11.0 Å². The number of hydrogen-bond donors (Lipinski definition) is 1. The summed E-state index contributed by atoms with van der Waals surface area (Å²) in [7, 11) is 0. The van der Waals surface area contributed by atoms with Crippen LogP contribution < -0.4 is 4.90 Å². The van der Waals surface area contributed by atoms with Crippen molar-refractivity contribution < 1.29 is 4.39 Å². The van der Waals surface area contributed by atoms with E-state index >= 15 is 0 Å². The number of halogens is 1. The average molecular weight is 429 g/mol. The third-order valence-electron chi connectivity index (χ3n) is 6.98. The van der Waals surface area contributed by atoms with Crippen LogP contribution in [0.1, 0.15) is 17.0 Å². The summed E-state index contributed by atoms with van der Waals surface area (Å²) < 4.78 is 14.1. The summed E-state index contributed by atoms with van der Waals surface area (Å²) in [6, 6.07) is 30.6. The van der Waals surface area contributed by atoms with Crippen molar-refractivity contribution in [3.8, 4) is 0 Å². The van der Waals surface area contributed by atoms with Gasteiger partial charge in [-0.2, -0.15) is 0 Å². The van der Waals surface area contributed by atoms with Crippen LogP contribution in [0.2, 0.25) is 0 Å². The van der Waals surface area contributed by atoms with Crippen LogP contribution in [0.25, 0.3) is 27.4 Å². The molecule has 4 aromatic carbocycles. The van der Waals surface area contributed by atoms with Gasteiger partial charge in [0, 0.05) is 39.1 Å². The fraction of sp³-hybridized carbons (Fsp3) is 0.0667. The first-order valence-corrected chi connectivity index (χ1v) is 11.3. The van der Waals surface area contributed by atoms with Gasteiger partial charge in [0.2, 0.25) is 0 Å². The van der Waals surface area contributed by atoms with Crippen molar-refractivity contribution in [1.82, 2.24) is 4.98 Å². The summed E-state index contributed by atoms with van der Waals surface area (Å²) in [5.74, 6) is -0.000355. The molecule has 2 heterocycles. The summed E-state index contributed by atoms with van der Waals surface area (Å²) in [5, 5.41) is 2.49. The molecule has 158 valence electrons. The van der Waals surface area contributed by atoms with Gasteiger partial charge >= 0.3 is 0 Å². The predicted octanol–water partition coefficient (Wildman–Crippen LogP) is 7.72. The first-order valence-electron chi connectivity index (χ1n) is 11.3. The van der Waals surface area contributed by atoms with Crippen LogP contribution in [0.5, 0.6) is 0 Å². The van der Waals surface area contributed by atoms with E-state index in [1.807, 2.05) is 6.07 Å². The van der Waals surface area contributed by atoms with E-state index in [4.69, 9.17) is 0 Å². The SMILES string of the molecule is Fc1cccc(N2c3ccccc3C3C=C(c4ccc5[nH]c6ccccc6c5c4)C=CC32)c1. The molecule has 1 aromatic heterocycles. The van der Waals surface area contributed by atoms with Crippen LogP contribution in [0.4, 0.5) is 15.8 Å². The zero-order chi connectivity index (χ0) is 21.9. The van der Waals surface area contributed by atoms with Crippen molar-refractivity contribution in [1.29, 1.82) is 0 Å². The molecule has 7 rings (SSSR count). The molecule has 2 nitrogen and oxygen atoms in total. The van der Waals surface area contributed by atoms with E-state index in [9.17, 15) is 4.39 Å². The quantitative estimate of drug-likeness (QED) is 0.305. The largest absolute Gasteiger partial charge is 0.355 e. The van der Waals surface area contributed by atoms with E-state index in [1.54, 1.807) is 12.1 Å². The van der Waals surface area contributed by atoms with E-state index in [-0.39, 0.29) is 17.8 Å². The number of allylic oxidation sites excluding steroid dienone is 2. The third-order valence-corrected chi connectivity index (χ3v) is 6.98. The maximum atomic E-state index is 14.1. The standard InChI is InChI=1S/C30H21FN2/c31-21-6-5-7-22(18-21)33-29-11-4-2-9-24(29)26-17-20(13-15-30(26)33)19-12-14-28-25(16-19)23-8-1-3-10-27(23)32-28/h1-18,26,30,32H. The molecule has 1 aliphatic heterocycles. The van der Waals surface area contributed by atoms with Gasteiger partial charge in [-0.1, -0.05) is 66.8 Å². The molecule has 0 fully saturated rings. The molecule has 2 atom stereocenters. The van der Waals surface area contributed by atoms with Gasteiger partial charge in [0.15, 0.2) is 0 Å². The molecule has 5 aromatic rings. The number of nitrogens with zero attached hydrogens (tertiary/aromatic N) is 1. The van der Waals surface area contributed by atoms with Crippen molar-refractivity contribution in [3.63, 3.8) is 0 Å². The van der Waals surface area contributed by atoms with Crippen molar-refractivity contribution >= 4 is 38.8 Å². The molecule has 1 aliphatic carbocycles. The molecule has 0 saturated carbocycles. The highest BCUT2D eigenvalue weighted by Crippen LogP contribution is 2.49. The Bertz CT molecular complexity index is 1610. The summed E-state index contributed by atoms with van der Waals surface area (Å²) in [6.07, 6.45) is 6.86. The normalized spacial score (nSPS) is 19.1. The van der Waals surface area contributed by atoms with Crippen LogP contribution in [0.3, 0.4) is 0 Å². The van der Waals surface area contributed by atoms with Gasteiger partial charge in [0.05, 0.1) is 6.04 Å². The Hall–Kier alpha value is -4.11. The number of fused-ring (bicyclic) bond motifs is 6. The summed E-state index contributed by atoms with van der Waals surface area (Å²) in [6.45, 7) is 0. The van der Waals surface area contributed by atoms with Gasteiger partial charge in [-0.15, -0.1) is 0 Å². The summed E-state index contributed by atoms with van der Waals surface area (Å²) in [4.78, 5) is 5.77. The topological polar surface area (TPSA) is 19.0 Å². The minimum absolute atomic E-state index is 0.129. The van der Waals surface area contributed by atoms with Gasteiger partial charge in [-0.25, -0.2) is 4.39 Å². The van der Waals surface area contributed by atoms with Crippen molar-refractivity contribution in [2.45, 2.75) is 12.0 Å². The minimum Gasteiger partial charge on any atom is -0.355 e. The molecule has 0 saturated heterocycles. The number of benzene rings is 4. The Morgan fingerprint density at radius 2 is 1.61 bits per heavy atom. The molecule has 2 unspecified atom stereocenters. The van der Waals surface area contributed by atoms with Crippen LogP contribution in [0, 0.1) is 5.82 Å². The lowest BCUT2D eigenvalue weighted by molar-refractivity contribution is 0.626. The van der Waals surface area contributed by atoms with Gasteiger partial charge in [0.1, 0.15) is 5.82 Å². The molecule has 1 N–H and O–H groups in total. The molecule has 33 heavy (non-hydrogen) atoms. The number of para-hydroxylation sites is 2. The summed E-state index contributed by atoms with van der Waals surface area (Å²) >= 11 is 0. The lowest BCUT2D eigenvalue weighted by Gasteiger charge is -2.29. The molecule has 0 radical (unpaired) electrons. The number of aromatic nitrogens is 1. The number of H-pyrrole nitrogens is 1. The first kappa shape index (κ1) is 18.5. The Morgan fingerprint density at radius 1 is 0.758 bits per heavy atom. The second-order valence-electron chi connectivity index (χ2n) is 8.84. The van der Waals surface area contributed by atoms with E-state index < -0.39 is 0 Å². The monoisotopic (exact) mass is 428 g/mol. The number of hydrogen-bond acceptors (Lipinski definition) is 1. The van der Waals surface area contributed by atoms with E-state index in [0.717, 1.165) is 22.4 Å². The van der Waals surface area contributed by atoms with Crippen LogP contribution in [0.15, 0.2) is 109 Å². The maximum Gasteiger partial charge on any atom is 0.125 e. The summed E-state index contributed by atoms with van der Waals surface area (Å²) in [5.41, 5.74) is 8.06. The highest BCUT2D eigenvalue weighted by molar-refractivity contribution is 6.08. The molecule has 3 heteroatoms. The van der Waals surface area contributed by atoms with Crippen LogP contribution >= 0.6 is 0 Å². The maximum absolute atomic E-state index is 14.1. The Morgan fingerprint density at radius 3 is 2.55 bits per heavy atom. The lowest BCUT2D eigenvalue weighted by Crippen LogP contribution is -2.29. The highest BCUT2D eigenvalue weighted by atomic mass is 19.1. The first-order chi connectivity index (χ1) is 16.3. The fourth-order valence-corrected chi connectivity index (χ4v) is 5.50. The van der Waals surface area contributed by atoms with E-state index in [1.165, 1.54) is 33.5 Å². The predicted molar refractivity (Wildman–Crippen MR) is 134 cm³/mol. The second kappa shape index (κ2) is 6.94. The zero-order valence-electron chi connectivity index (χ0n) is 17.9. The molecule has 2 aliphatic rings. The van der Waals surface area contributed by atoms with Crippen molar-refractivity contribution in [2.75, 3.05) is 4.90 Å². The Kier molecular flexibility index (Phi) is 3.88. The molecular weight excluding hydrogens is 407 g/mol. The number of aromatic amines is 1. The highest BCUT2D eigenvalue weighted by Gasteiger charge is 2.38. The Balaban J connectivity index is 1.34. The van der Waals surface area contributed by atoms with E-state index in [0.29, 0.717) is 0 Å². The minimum atomic E-state index is -0.212. The molecule has 0 amide bonds. The zero-order valence-corrected chi connectivity index (χ0v) is 17.9. The lowest BCUT2D eigenvalue weighted by atomic mass is 9.86. The van der Waals surface area contributed by atoms with Gasteiger partial charge in [-0.3, -0.25) is 0 Å². The second-order valence-corrected chi connectivity index (χ2v) is 8.84. The number of anilines is 2. The Labute approximate surface area is 191 Å². The van der Waals surface area contributed by atoms with Gasteiger partial charge in [0.25, 0.3) is 0 Å². The van der Waals surface area contributed by atoms with Crippen molar-refractivity contribution in [3.05, 3.63) is 126 Å². The van der Waals surface area contributed by atoms with E-state index in [2.05, 4.69) is 94.8 Å². The van der Waals surface area contributed by atoms with Crippen molar-refractivity contribution in [2.24, 2.45) is 0 Å². The smallest absolute Gasteiger partial charge is 0.125 e. The van der Waals surface area contributed by atoms with Gasteiger partial charge < -0.3 is 9.88 Å². The molecular formula is C30H21FN2. The molecule has 0 spiro atoms. The third kappa shape index (κ3) is 2.79. The number of rotatable bonds is 2. The molecule has 0 bridgehead atoms.